The summed E-state index contributed by atoms with van der Waals surface area (Å²) in [4.78, 5) is 35.6. The van der Waals surface area contributed by atoms with Crippen LogP contribution in [0.25, 0.3) is 5.76 Å². The number of carbonyl (C=O) groups excluding carboxylic acids is 2. The molecule has 1 aliphatic rings. The van der Waals surface area contributed by atoms with Gasteiger partial charge in [0.05, 0.1) is 0 Å². The zero-order valence-electron chi connectivity index (χ0n) is 13.5. The molecule has 0 radical (unpaired) electrons. The van der Waals surface area contributed by atoms with Gasteiger partial charge in [-0.3, -0.25) is 14.4 Å². The first-order valence-corrected chi connectivity index (χ1v) is 8.00. The maximum atomic E-state index is 12.8. The second-order valence-electron chi connectivity index (χ2n) is 5.58. The summed E-state index contributed by atoms with van der Waals surface area (Å²) in [6.07, 6.45) is 1.00. The number of ether oxygens (including phenoxy) is 1. The van der Waals surface area contributed by atoms with Crippen LogP contribution in [0.4, 0.5) is 0 Å². The van der Waals surface area contributed by atoms with E-state index in [1.165, 1.54) is 6.07 Å². The maximum absolute atomic E-state index is 12.8. The van der Waals surface area contributed by atoms with Crippen LogP contribution in [0, 0.1) is 0 Å². The van der Waals surface area contributed by atoms with Crippen molar-refractivity contribution in [2.24, 2.45) is 0 Å². The summed E-state index contributed by atoms with van der Waals surface area (Å²) < 4.78 is 5.00. The van der Waals surface area contributed by atoms with Gasteiger partial charge in [-0.2, -0.15) is 0 Å². The highest BCUT2D eigenvalue weighted by Crippen LogP contribution is 2.38. The number of benzene rings is 1. The minimum atomic E-state index is -1.25. The Balaban J connectivity index is 2.43. The van der Waals surface area contributed by atoms with Crippen LogP contribution in [0.15, 0.2) is 23.8 Å². The normalized spacial score (nSPS) is 16.6. The number of aliphatic carboxylic acids is 1. The topological polar surface area (TPSA) is 113 Å². The summed E-state index contributed by atoms with van der Waals surface area (Å²) in [6.45, 7) is -0.206. The standard InChI is InChI=1S/C17H18ClNO6/c1-25-6-2-3-11-10-5-4-9(18)7-12(10)16(23)14(15(11)22)17(24)19-8-13(20)21/h4-5,7,11,23H,2-3,6,8H2,1H3,(H,19,24)(H,20,21). The number of methoxy groups -OCH3 is 1. The van der Waals surface area contributed by atoms with E-state index in [1.54, 1.807) is 19.2 Å². The molecule has 0 aromatic heterocycles. The summed E-state index contributed by atoms with van der Waals surface area (Å²) in [6, 6.07) is 4.74. The summed E-state index contributed by atoms with van der Waals surface area (Å²) in [5.74, 6) is -3.85. The molecule has 1 aromatic carbocycles. The SMILES string of the molecule is COCCCC1C(=O)C(C(=O)NCC(=O)O)=C(O)c2cc(Cl)ccc21. The summed E-state index contributed by atoms with van der Waals surface area (Å²) in [5.41, 5.74) is 0.436. The van der Waals surface area contributed by atoms with E-state index in [-0.39, 0.29) is 0 Å². The van der Waals surface area contributed by atoms with Crippen molar-refractivity contribution in [2.75, 3.05) is 20.3 Å². The van der Waals surface area contributed by atoms with E-state index < -0.39 is 41.5 Å². The number of rotatable bonds is 7. The van der Waals surface area contributed by atoms with Crippen LogP contribution in [-0.4, -0.2) is 48.1 Å². The van der Waals surface area contributed by atoms with Gasteiger partial charge in [0.1, 0.15) is 17.9 Å². The molecule has 7 nitrogen and oxygen atoms in total. The Kier molecular flexibility index (Phi) is 6.17. The van der Waals surface area contributed by atoms with E-state index in [0.717, 1.165) is 0 Å². The molecule has 1 amide bonds. The molecule has 1 aromatic rings. The highest BCUT2D eigenvalue weighted by molar-refractivity contribution is 6.31. The first-order chi connectivity index (χ1) is 11.9. The highest BCUT2D eigenvalue weighted by atomic mass is 35.5. The number of hydrogen-bond donors (Lipinski definition) is 3. The van der Waals surface area contributed by atoms with Gasteiger partial charge in [0, 0.05) is 30.2 Å². The van der Waals surface area contributed by atoms with Crippen LogP contribution >= 0.6 is 11.6 Å². The molecule has 2 rings (SSSR count). The molecular formula is C17H18ClNO6. The second kappa shape index (κ2) is 8.13. The van der Waals surface area contributed by atoms with Crippen molar-refractivity contribution in [1.29, 1.82) is 0 Å². The van der Waals surface area contributed by atoms with Gasteiger partial charge in [-0.05, 0) is 30.5 Å². The predicted octanol–water partition coefficient (Wildman–Crippen LogP) is 1.90. The Hall–Kier alpha value is -2.38. The van der Waals surface area contributed by atoms with Gasteiger partial charge in [-0.15, -0.1) is 0 Å². The van der Waals surface area contributed by atoms with Gasteiger partial charge >= 0.3 is 5.97 Å². The average molecular weight is 368 g/mol. The highest BCUT2D eigenvalue weighted by Gasteiger charge is 2.37. The molecule has 0 aliphatic heterocycles. The largest absolute Gasteiger partial charge is 0.506 e. The van der Waals surface area contributed by atoms with Gasteiger partial charge in [0.2, 0.25) is 0 Å². The molecule has 0 saturated carbocycles. The van der Waals surface area contributed by atoms with Crippen molar-refractivity contribution in [3.8, 4) is 0 Å². The van der Waals surface area contributed by atoms with Crippen molar-refractivity contribution in [3.05, 3.63) is 39.9 Å². The second-order valence-corrected chi connectivity index (χ2v) is 6.02. The molecule has 0 fully saturated rings. The van der Waals surface area contributed by atoms with Gasteiger partial charge in [0.15, 0.2) is 5.78 Å². The van der Waals surface area contributed by atoms with E-state index in [9.17, 15) is 19.5 Å². The van der Waals surface area contributed by atoms with Crippen molar-refractivity contribution >= 4 is 35.0 Å². The Morgan fingerprint density at radius 3 is 2.72 bits per heavy atom. The zero-order chi connectivity index (χ0) is 18.6. The minimum Gasteiger partial charge on any atom is -0.506 e. The van der Waals surface area contributed by atoms with Crippen LogP contribution in [0.1, 0.15) is 29.9 Å². The Morgan fingerprint density at radius 1 is 1.36 bits per heavy atom. The van der Waals surface area contributed by atoms with E-state index in [4.69, 9.17) is 21.4 Å². The summed E-state index contributed by atoms with van der Waals surface area (Å²) in [7, 11) is 1.55. The lowest BCUT2D eigenvalue weighted by Gasteiger charge is -2.26. The Morgan fingerprint density at radius 2 is 2.08 bits per heavy atom. The number of aliphatic hydroxyl groups excluding tert-OH is 1. The number of Topliss-reactive ketones (excluding diaryl/α,β-unsaturated/α-hetero) is 1. The van der Waals surface area contributed by atoms with Gasteiger partial charge < -0.3 is 20.3 Å². The third-order valence-corrected chi connectivity index (χ3v) is 4.15. The first kappa shape index (κ1) is 19.0. The number of nitrogens with one attached hydrogen (secondary N) is 1. The third-order valence-electron chi connectivity index (χ3n) is 3.91. The van der Waals surface area contributed by atoms with Crippen molar-refractivity contribution < 1.29 is 29.3 Å². The molecular weight excluding hydrogens is 350 g/mol. The Labute approximate surface area is 149 Å². The van der Waals surface area contributed by atoms with Crippen LogP contribution < -0.4 is 5.32 Å². The third kappa shape index (κ3) is 4.18. The number of hydrogen-bond acceptors (Lipinski definition) is 5. The number of fused-ring (bicyclic) bond motifs is 1. The quantitative estimate of drug-likeness (QED) is 0.501. The molecule has 0 spiro atoms. The monoisotopic (exact) mass is 367 g/mol. The van der Waals surface area contributed by atoms with Crippen molar-refractivity contribution in [3.63, 3.8) is 0 Å². The van der Waals surface area contributed by atoms with Crippen LogP contribution in [0.2, 0.25) is 5.02 Å². The van der Waals surface area contributed by atoms with E-state index in [1.807, 2.05) is 0 Å². The van der Waals surface area contributed by atoms with Crippen molar-refractivity contribution in [2.45, 2.75) is 18.8 Å². The van der Waals surface area contributed by atoms with Crippen LogP contribution in [-0.2, 0) is 19.1 Å². The van der Waals surface area contributed by atoms with Crippen LogP contribution in [0.5, 0.6) is 0 Å². The smallest absolute Gasteiger partial charge is 0.322 e. The lowest BCUT2D eigenvalue weighted by molar-refractivity contribution is -0.137. The fourth-order valence-corrected chi connectivity index (χ4v) is 2.96. The maximum Gasteiger partial charge on any atom is 0.322 e. The minimum absolute atomic E-state index is 0.301. The van der Waals surface area contributed by atoms with E-state index >= 15 is 0 Å². The van der Waals surface area contributed by atoms with E-state index in [0.29, 0.717) is 35.6 Å². The number of halogens is 1. The Bertz CT molecular complexity index is 743. The van der Waals surface area contributed by atoms with Crippen LogP contribution in [0.3, 0.4) is 0 Å². The molecule has 25 heavy (non-hydrogen) atoms. The molecule has 3 N–H and O–H groups in total. The van der Waals surface area contributed by atoms with Crippen molar-refractivity contribution in [1.82, 2.24) is 5.32 Å². The fraction of sp³-hybridized carbons (Fsp3) is 0.353. The average Bonchev–Trinajstić information content (AvgIpc) is 2.56. The lowest BCUT2D eigenvalue weighted by Crippen LogP contribution is -2.36. The molecule has 0 saturated heterocycles. The number of carboxylic acid groups (broad SMARTS) is 1. The molecule has 0 heterocycles. The molecule has 1 atom stereocenters. The molecule has 0 bridgehead atoms. The summed E-state index contributed by atoms with van der Waals surface area (Å²) >= 11 is 5.97. The fourth-order valence-electron chi connectivity index (χ4n) is 2.79. The van der Waals surface area contributed by atoms with Gasteiger partial charge in [-0.1, -0.05) is 17.7 Å². The molecule has 134 valence electrons. The van der Waals surface area contributed by atoms with Gasteiger partial charge in [0.25, 0.3) is 5.91 Å². The zero-order valence-corrected chi connectivity index (χ0v) is 14.3. The first-order valence-electron chi connectivity index (χ1n) is 7.63. The molecule has 1 aliphatic carbocycles. The number of ketones is 1. The number of carbonyl (C=O) groups is 3. The number of carboxylic acids is 1. The predicted molar refractivity (Wildman–Crippen MR) is 90.5 cm³/mol. The lowest BCUT2D eigenvalue weighted by atomic mass is 9.78. The number of amides is 1. The molecule has 1 unspecified atom stereocenters. The summed E-state index contributed by atoms with van der Waals surface area (Å²) in [5, 5.41) is 21.5. The number of aliphatic hydroxyl groups is 1. The van der Waals surface area contributed by atoms with E-state index in [2.05, 4.69) is 5.32 Å². The van der Waals surface area contributed by atoms with Gasteiger partial charge in [-0.25, -0.2) is 0 Å². The molecule has 8 heteroatoms.